The summed E-state index contributed by atoms with van der Waals surface area (Å²) >= 11 is 0. The Morgan fingerprint density at radius 1 is 1.32 bits per heavy atom. The Morgan fingerprint density at radius 3 is 2.74 bits per heavy atom. The fourth-order valence-electron chi connectivity index (χ4n) is 1.97. The highest BCUT2D eigenvalue weighted by Crippen LogP contribution is 2.24. The van der Waals surface area contributed by atoms with Gasteiger partial charge in [0.2, 0.25) is 0 Å². The van der Waals surface area contributed by atoms with Gasteiger partial charge in [0.25, 0.3) is 5.56 Å². The third kappa shape index (κ3) is 1.97. The third-order valence-corrected chi connectivity index (χ3v) is 2.73. The third-order valence-electron chi connectivity index (χ3n) is 2.73. The molecule has 0 aliphatic heterocycles. The van der Waals surface area contributed by atoms with Crippen LogP contribution in [0, 0.1) is 17.1 Å². The zero-order chi connectivity index (χ0) is 14.0. The number of hydrogen-bond acceptors (Lipinski definition) is 2. The standard InChI is InChI=1S/C12H6FN3O.C2H6/c13-7-1-2-9-8(3-7)10-11(16-9)6(4-14)5-15-12(10)17;1-2/h1-3,5,16H,(H,15,17);1-2H3. The summed E-state index contributed by atoms with van der Waals surface area (Å²) in [4.78, 5) is 17.2. The van der Waals surface area contributed by atoms with Gasteiger partial charge in [-0.2, -0.15) is 5.26 Å². The Labute approximate surface area is 108 Å². The predicted octanol–water partition coefficient (Wildman–Crippen LogP) is 3.05. The van der Waals surface area contributed by atoms with Crippen molar-refractivity contribution in [1.82, 2.24) is 9.97 Å². The van der Waals surface area contributed by atoms with Crippen molar-refractivity contribution in [2.24, 2.45) is 0 Å². The van der Waals surface area contributed by atoms with E-state index in [1.807, 2.05) is 19.9 Å². The molecule has 0 bridgehead atoms. The Balaban J connectivity index is 0.000000637. The van der Waals surface area contributed by atoms with Crippen molar-refractivity contribution < 1.29 is 4.39 Å². The molecule has 1 aromatic carbocycles. The average molecular weight is 257 g/mol. The summed E-state index contributed by atoms with van der Waals surface area (Å²) in [6.07, 6.45) is 1.34. The molecule has 2 heterocycles. The van der Waals surface area contributed by atoms with Gasteiger partial charge < -0.3 is 9.97 Å². The topological polar surface area (TPSA) is 72.4 Å². The Kier molecular flexibility index (Phi) is 3.34. The van der Waals surface area contributed by atoms with Crippen LogP contribution in [-0.4, -0.2) is 9.97 Å². The zero-order valence-corrected chi connectivity index (χ0v) is 10.5. The van der Waals surface area contributed by atoms with E-state index in [1.54, 1.807) is 6.07 Å². The quantitative estimate of drug-likeness (QED) is 0.649. The average Bonchev–Trinajstić information content (AvgIpc) is 2.81. The lowest BCUT2D eigenvalue weighted by Gasteiger charge is -1.92. The van der Waals surface area contributed by atoms with Gasteiger partial charge in [-0.15, -0.1) is 0 Å². The minimum Gasteiger partial charge on any atom is -0.353 e. The first kappa shape index (κ1) is 12.8. The van der Waals surface area contributed by atoms with Crippen molar-refractivity contribution in [3.63, 3.8) is 0 Å². The number of pyridine rings is 1. The number of fused-ring (bicyclic) bond motifs is 3. The normalized spacial score (nSPS) is 10.0. The number of nitrogens with zero attached hydrogens (tertiary/aromatic N) is 1. The second-order valence-corrected chi connectivity index (χ2v) is 3.71. The highest BCUT2D eigenvalue weighted by Gasteiger charge is 2.11. The van der Waals surface area contributed by atoms with E-state index in [1.165, 1.54) is 18.3 Å². The van der Waals surface area contributed by atoms with Gasteiger partial charge in [0.1, 0.15) is 11.9 Å². The van der Waals surface area contributed by atoms with Crippen molar-refractivity contribution in [2.45, 2.75) is 13.8 Å². The van der Waals surface area contributed by atoms with Gasteiger partial charge in [0.05, 0.1) is 16.5 Å². The van der Waals surface area contributed by atoms with Gasteiger partial charge in [-0.3, -0.25) is 4.79 Å². The summed E-state index contributed by atoms with van der Waals surface area (Å²) in [6, 6.07) is 6.11. The predicted molar refractivity (Wildman–Crippen MR) is 72.4 cm³/mol. The number of rotatable bonds is 0. The van der Waals surface area contributed by atoms with E-state index in [-0.39, 0.29) is 5.56 Å². The maximum Gasteiger partial charge on any atom is 0.258 e. The second kappa shape index (κ2) is 4.94. The summed E-state index contributed by atoms with van der Waals surface area (Å²) in [5.41, 5.74) is 1.07. The van der Waals surface area contributed by atoms with Gasteiger partial charge in [0, 0.05) is 17.1 Å². The highest BCUT2D eigenvalue weighted by atomic mass is 19.1. The Bertz CT molecular complexity index is 839. The molecule has 0 amide bonds. The smallest absolute Gasteiger partial charge is 0.258 e. The molecule has 3 aromatic rings. The fraction of sp³-hybridized carbons (Fsp3) is 0.143. The SMILES string of the molecule is CC.N#Cc1c[nH]c(=O)c2c1[nH]c1ccc(F)cc12. The summed E-state index contributed by atoms with van der Waals surface area (Å²) in [5.74, 6) is -0.417. The van der Waals surface area contributed by atoms with Crippen LogP contribution in [0.5, 0.6) is 0 Å². The van der Waals surface area contributed by atoms with Crippen LogP contribution < -0.4 is 5.56 Å². The molecule has 2 N–H and O–H groups in total. The maximum atomic E-state index is 13.2. The zero-order valence-electron chi connectivity index (χ0n) is 10.5. The summed E-state index contributed by atoms with van der Waals surface area (Å²) in [6.45, 7) is 4.00. The second-order valence-electron chi connectivity index (χ2n) is 3.71. The van der Waals surface area contributed by atoms with E-state index < -0.39 is 5.82 Å². The van der Waals surface area contributed by atoms with Gasteiger partial charge in [-0.25, -0.2) is 4.39 Å². The Hall–Kier alpha value is -2.61. The fourth-order valence-corrected chi connectivity index (χ4v) is 1.97. The van der Waals surface area contributed by atoms with Crippen LogP contribution in [0.15, 0.2) is 29.2 Å². The van der Waals surface area contributed by atoms with Gasteiger partial charge in [-0.1, -0.05) is 13.8 Å². The number of nitriles is 1. The lowest BCUT2D eigenvalue weighted by molar-refractivity contribution is 0.630. The molecule has 0 unspecified atom stereocenters. The molecule has 0 aliphatic rings. The molecule has 0 fully saturated rings. The summed E-state index contributed by atoms with van der Waals surface area (Å²) in [5, 5.41) is 9.74. The first-order chi connectivity index (χ1) is 9.20. The molecule has 3 rings (SSSR count). The molecule has 2 aromatic heterocycles. The molecule has 0 radical (unpaired) electrons. The van der Waals surface area contributed by atoms with E-state index >= 15 is 0 Å². The molecular formula is C14H12FN3O. The first-order valence-electron chi connectivity index (χ1n) is 5.93. The van der Waals surface area contributed by atoms with Gasteiger partial charge >= 0.3 is 0 Å². The molecule has 0 saturated heterocycles. The van der Waals surface area contributed by atoms with Crippen LogP contribution in [-0.2, 0) is 0 Å². The molecular weight excluding hydrogens is 245 g/mol. The van der Waals surface area contributed by atoms with Crippen molar-refractivity contribution in [3.05, 3.63) is 46.1 Å². The van der Waals surface area contributed by atoms with Crippen LogP contribution in [0.3, 0.4) is 0 Å². The molecule has 96 valence electrons. The van der Waals surface area contributed by atoms with Crippen molar-refractivity contribution in [3.8, 4) is 6.07 Å². The lowest BCUT2D eigenvalue weighted by atomic mass is 10.1. The molecule has 4 nitrogen and oxygen atoms in total. The van der Waals surface area contributed by atoms with Gasteiger partial charge in [0.15, 0.2) is 0 Å². The number of nitrogens with one attached hydrogen (secondary N) is 2. The number of hydrogen-bond donors (Lipinski definition) is 2. The van der Waals surface area contributed by atoms with Crippen LogP contribution in [0.25, 0.3) is 21.8 Å². The minimum atomic E-state index is -0.417. The summed E-state index contributed by atoms with van der Waals surface area (Å²) < 4.78 is 13.2. The van der Waals surface area contributed by atoms with E-state index in [9.17, 15) is 9.18 Å². The molecule has 0 spiro atoms. The highest BCUT2D eigenvalue weighted by molar-refractivity contribution is 6.08. The van der Waals surface area contributed by atoms with Gasteiger partial charge in [-0.05, 0) is 18.2 Å². The summed E-state index contributed by atoms with van der Waals surface area (Å²) in [7, 11) is 0. The molecule has 0 saturated carbocycles. The number of aromatic nitrogens is 2. The van der Waals surface area contributed by atoms with Crippen LogP contribution in [0.4, 0.5) is 4.39 Å². The van der Waals surface area contributed by atoms with Crippen LogP contribution in [0.2, 0.25) is 0 Å². The number of benzene rings is 1. The van der Waals surface area contributed by atoms with Crippen LogP contribution in [0.1, 0.15) is 19.4 Å². The van der Waals surface area contributed by atoms with E-state index in [0.717, 1.165) is 0 Å². The monoisotopic (exact) mass is 257 g/mol. The van der Waals surface area contributed by atoms with Crippen LogP contribution >= 0.6 is 0 Å². The number of aromatic amines is 2. The van der Waals surface area contributed by atoms with E-state index in [2.05, 4.69) is 9.97 Å². The maximum absolute atomic E-state index is 13.2. The Morgan fingerprint density at radius 2 is 2.05 bits per heavy atom. The first-order valence-corrected chi connectivity index (χ1v) is 5.93. The molecule has 0 aliphatic carbocycles. The minimum absolute atomic E-state index is 0.318. The number of halogens is 1. The van der Waals surface area contributed by atoms with Crippen molar-refractivity contribution in [2.75, 3.05) is 0 Å². The molecule has 19 heavy (non-hydrogen) atoms. The van der Waals surface area contributed by atoms with E-state index in [4.69, 9.17) is 5.26 Å². The molecule has 5 heteroatoms. The largest absolute Gasteiger partial charge is 0.353 e. The van der Waals surface area contributed by atoms with E-state index in [0.29, 0.717) is 27.4 Å². The van der Waals surface area contributed by atoms with Crippen molar-refractivity contribution >= 4 is 21.8 Å². The molecule has 0 atom stereocenters. The number of H-pyrrole nitrogens is 2. The lowest BCUT2D eigenvalue weighted by Crippen LogP contribution is -2.05. The van der Waals surface area contributed by atoms with Crippen molar-refractivity contribution in [1.29, 1.82) is 5.26 Å².